The van der Waals surface area contributed by atoms with Gasteiger partial charge in [-0.05, 0) is 76.9 Å². The molecular weight excluding hydrogens is 337 g/mol. The van der Waals surface area contributed by atoms with Gasteiger partial charge in [-0.3, -0.25) is 4.79 Å². The second-order valence-electron chi connectivity index (χ2n) is 9.21. The van der Waals surface area contributed by atoms with Crippen LogP contribution in [-0.2, 0) is 14.1 Å². The number of rotatable bonds is 5. The van der Waals surface area contributed by atoms with Gasteiger partial charge in [0, 0.05) is 11.6 Å². The van der Waals surface area contributed by atoms with Crippen molar-refractivity contribution in [2.45, 2.75) is 84.3 Å². The molecule has 4 nitrogen and oxygen atoms in total. The van der Waals surface area contributed by atoms with E-state index in [1.165, 1.54) is 25.7 Å². The van der Waals surface area contributed by atoms with E-state index in [1.807, 2.05) is 52.0 Å². The Kier molecular flexibility index (Phi) is 6.02. The zero-order valence-electron chi connectivity index (χ0n) is 17.5. The van der Waals surface area contributed by atoms with Gasteiger partial charge in [-0.2, -0.15) is 0 Å². The molecule has 0 unspecified atom stereocenters. The molecule has 0 atom stereocenters. The Morgan fingerprint density at radius 3 is 2.33 bits per heavy atom. The fraction of sp³-hybridized carbons (Fsp3) is 0.682. The molecule has 1 aliphatic carbocycles. The number of anilines is 1. The van der Waals surface area contributed by atoms with Crippen LogP contribution in [0.3, 0.4) is 0 Å². The van der Waals surface area contributed by atoms with Crippen molar-refractivity contribution in [2.24, 2.45) is 11.8 Å². The van der Waals surface area contributed by atoms with Crippen molar-refractivity contribution in [1.82, 2.24) is 0 Å². The Morgan fingerprint density at radius 1 is 1.11 bits per heavy atom. The van der Waals surface area contributed by atoms with Gasteiger partial charge in [0.2, 0.25) is 5.91 Å². The molecular formula is C22H34BNO3. The topological polar surface area (TPSA) is 47.6 Å². The summed E-state index contributed by atoms with van der Waals surface area (Å²) in [5, 5.41) is 3.11. The average molecular weight is 371 g/mol. The number of hydrogen-bond donors (Lipinski definition) is 1. The van der Waals surface area contributed by atoms with E-state index >= 15 is 0 Å². The predicted molar refractivity (Wildman–Crippen MR) is 111 cm³/mol. The number of carbonyl (C=O) groups is 1. The molecule has 1 aromatic rings. The van der Waals surface area contributed by atoms with Crippen molar-refractivity contribution < 1.29 is 14.1 Å². The minimum atomic E-state index is -0.406. The van der Waals surface area contributed by atoms with Gasteiger partial charge in [-0.25, -0.2) is 0 Å². The van der Waals surface area contributed by atoms with Crippen LogP contribution in [-0.4, -0.2) is 24.2 Å². The molecule has 1 saturated heterocycles. The van der Waals surface area contributed by atoms with Crippen molar-refractivity contribution in [3.8, 4) is 0 Å². The van der Waals surface area contributed by atoms with Crippen LogP contribution in [0, 0.1) is 11.8 Å². The molecule has 3 rings (SSSR count). The minimum Gasteiger partial charge on any atom is -0.399 e. The number of nitrogens with one attached hydrogen (secondary N) is 1. The van der Waals surface area contributed by atoms with Gasteiger partial charge in [0.25, 0.3) is 0 Å². The lowest BCUT2D eigenvalue weighted by molar-refractivity contribution is -0.121. The maximum Gasteiger partial charge on any atom is 0.494 e. The number of hydrogen-bond acceptors (Lipinski definition) is 3. The maximum absolute atomic E-state index is 12.7. The first-order valence-electron chi connectivity index (χ1n) is 10.5. The quantitative estimate of drug-likeness (QED) is 0.774. The highest BCUT2D eigenvalue weighted by molar-refractivity contribution is 6.62. The van der Waals surface area contributed by atoms with E-state index in [-0.39, 0.29) is 23.0 Å². The Morgan fingerprint density at radius 2 is 1.74 bits per heavy atom. The molecule has 1 saturated carbocycles. The van der Waals surface area contributed by atoms with Crippen molar-refractivity contribution in [3.05, 3.63) is 24.3 Å². The summed E-state index contributed by atoms with van der Waals surface area (Å²) in [6.45, 7) is 10.4. The molecule has 5 heteroatoms. The van der Waals surface area contributed by atoms with Gasteiger partial charge in [-0.15, -0.1) is 0 Å². The van der Waals surface area contributed by atoms with Crippen LogP contribution in [0.15, 0.2) is 24.3 Å². The number of amides is 1. The van der Waals surface area contributed by atoms with Crippen LogP contribution < -0.4 is 10.8 Å². The van der Waals surface area contributed by atoms with Crippen molar-refractivity contribution in [1.29, 1.82) is 0 Å². The fourth-order valence-corrected chi connectivity index (χ4v) is 4.11. The molecule has 2 fully saturated rings. The van der Waals surface area contributed by atoms with Gasteiger partial charge in [0.15, 0.2) is 0 Å². The molecule has 1 aromatic carbocycles. The third-order valence-electron chi connectivity index (χ3n) is 6.59. The molecule has 1 aliphatic heterocycles. The number of carbonyl (C=O) groups excluding carboxylic acids is 1. The Hall–Kier alpha value is -1.33. The minimum absolute atomic E-state index is 0.138. The zero-order chi connectivity index (χ0) is 19.7. The molecule has 0 aromatic heterocycles. The monoisotopic (exact) mass is 371 g/mol. The van der Waals surface area contributed by atoms with Crippen molar-refractivity contribution in [2.75, 3.05) is 5.32 Å². The molecule has 1 N–H and O–H groups in total. The van der Waals surface area contributed by atoms with Crippen molar-refractivity contribution >= 4 is 24.2 Å². The summed E-state index contributed by atoms with van der Waals surface area (Å²) in [4.78, 5) is 12.7. The molecule has 27 heavy (non-hydrogen) atoms. The third-order valence-corrected chi connectivity index (χ3v) is 6.59. The zero-order valence-corrected chi connectivity index (χ0v) is 17.5. The van der Waals surface area contributed by atoms with E-state index in [1.54, 1.807) is 0 Å². The highest BCUT2D eigenvalue weighted by atomic mass is 16.7. The molecule has 0 radical (unpaired) electrons. The SMILES string of the molecule is CCCC1CCC(C(=O)Nc2cccc(B3OC(C)(C)C(C)(C)O3)c2)CC1. The molecule has 1 heterocycles. The smallest absolute Gasteiger partial charge is 0.399 e. The normalized spacial score (nSPS) is 26.8. The van der Waals surface area contributed by atoms with Gasteiger partial charge >= 0.3 is 7.12 Å². The molecule has 0 bridgehead atoms. The molecule has 148 valence electrons. The summed E-state index contributed by atoms with van der Waals surface area (Å²) in [6.07, 6.45) is 6.91. The standard InChI is InChI=1S/C22H34BNO3/c1-6-8-16-11-13-17(14-12-16)20(25)24-19-10-7-9-18(15-19)23-26-21(2,3)22(4,5)27-23/h7,9-10,15-17H,6,8,11-14H2,1-5H3,(H,24,25). The summed E-state index contributed by atoms with van der Waals surface area (Å²) in [6, 6.07) is 7.86. The van der Waals surface area contributed by atoms with E-state index < -0.39 is 7.12 Å². The van der Waals surface area contributed by atoms with E-state index in [0.29, 0.717) is 0 Å². The first kappa shape index (κ1) is 20.4. The molecule has 0 spiro atoms. The Balaban J connectivity index is 1.61. The van der Waals surface area contributed by atoms with E-state index in [4.69, 9.17) is 9.31 Å². The largest absolute Gasteiger partial charge is 0.494 e. The van der Waals surface area contributed by atoms with E-state index in [2.05, 4.69) is 12.2 Å². The van der Waals surface area contributed by atoms with Gasteiger partial charge < -0.3 is 14.6 Å². The predicted octanol–water partition coefficient (Wildman–Crippen LogP) is 4.53. The molecule has 1 amide bonds. The fourth-order valence-electron chi connectivity index (χ4n) is 4.11. The van der Waals surface area contributed by atoms with Gasteiger partial charge in [-0.1, -0.05) is 31.9 Å². The van der Waals surface area contributed by atoms with E-state index in [0.717, 1.165) is 29.9 Å². The van der Waals surface area contributed by atoms with Crippen LogP contribution in [0.25, 0.3) is 0 Å². The highest BCUT2D eigenvalue weighted by Gasteiger charge is 2.51. The Bertz CT molecular complexity index is 649. The van der Waals surface area contributed by atoms with Crippen LogP contribution in [0.2, 0.25) is 0 Å². The molecule has 2 aliphatic rings. The number of benzene rings is 1. The summed E-state index contributed by atoms with van der Waals surface area (Å²) in [5.74, 6) is 1.10. The van der Waals surface area contributed by atoms with Gasteiger partial charge in [0.1, 0.15) is 0 Å². The first-order chi connectivity index (χ1) is 12.7. The summed E-state index contributed by atoms with van der Waals surface area (Å²) in [5.41, 5.74) is 1.03. The summed E-state index contributed by atoms with van der Waals surface area (Å²) in [7, 11) is -0.406. The summed E-state index contributed by atoms with van der Waals surface area (Å²) < 4.78 is 12.3. The third kappa shape index (κ3) is 4.57. The summed E-state index contributed by atoms with van der Waals surface area (Å²) >= 11 is 0. The Labute approximate surface area is 164 Å². The van der Waals surface area contributed by atoms with Crippen LogP contribution in [0.4, 0.5) is 5.69 Å². The second-order valence-corrected chi connectivity index (χ2v) is 9.21. The first-order valence-corrected chi connectivity index (χ1v) is 10.5. The van der Waals surface area contributed by atoms with Crippen LogP contribution in [0.5, 0.6) is 0 Å². The second kappa shape index (κ2) is 7.96. The lowest BCUT2D eigenvalue weighted by Crippen LogP contribution is -2.41. The lowest BCUT2D eigenvalue weighted by atomic mass is 9.78. The highest BCUT2D eigenvalue weighted by Crippen LogP contribution is 2.36. The van der Waals surface area contributed by atoms with Crippen LogP contribution >= 0.6 is 0 Å². The van der Waals surface area contributed by atoms with Gasteiger partial charge in [0.05, 0.1) is 11.2 Å². The maximum atomic E-state index is 12.7. The van der Waals surface area contributed by atoms with Crippen molar-refractivity contribution in [3.63, 3.8) is 0 Å². The lowest BCUT2D eigenvalue weighted by Gasteiger charge is -2.32. The average Bonchev–Trinajstić information content (AvgIpc) is 2.84. The van der Waals surface area contributed by atoms with Crippen LogP contribution in [0.1, 0.15) is 73.1 Å². The van der Waals surface area contributed by atoms with E-state index in [9.17, 15) is 4.79 Å².